The maximum atomic E-state index is 12.8. The second-order valence-electron chi connectivity index (χ2n) is 7.41. The lowest BCUT2D eigenvalue weighted by molar-refractivity contribution is -0.143. The normalized spacial score (nSPS) is 15.0. The molecule has 0 fully saturated rings. The maximum Gasteiger partial charge on any atom is 0.328 e. The first-order valence-corrected chi connectivity index (χ1v) is 10.5. The second-order valence-corrected chi connectivity index (χ2v) is 7.77. The summed E-state index contributed by atoms with van der Waals surface area (Å²) in [7, 11) is 0. The van der Waals surface area contributed by atoms with Crippen LogP contribution in [0, 0.1) is 5.92 Å². The highest BCUT2D eigenvalue weighted by Crippen LogP contribution is 2.08. The number of carboxylic acid groups (broad SMARTS) is 1. The summed E-state index contributed by atoms with van der Waals surface area (Å²) in [5.74, 6) is -3.12. The van der Waals surface area contributed by atoms with Crippen LogP contribution in [0.5, 0.6) is 0 Å². The van der Waals surface area contributed by atoms with Crippen molar-refractivity contribution in [1.29, 1.82) is 0 Å². The van der Waals surface area contributed by atoms with Gasteiger partial charge in [0.15, 0.2) is 0 Å². The average molecular weight is 450 g/mol. The highest BCUT2D eigenvalue weighted by atomic mass is 32.1. The zero-order valence-electron chi connectivity index (χ0n) is 17.5. The van der Waals surface area contributed by atoms with E-state index in [1.807, 2.05) is 13.8 Å². The summed E-state index contributed by atoms with van der Waals surface area (Å²) in [6.45, 7) is 3.34. The van der Waals surface area contributed by atoms with Crippen LogP contribution < -0.4 is 27.4 Å². The number of aliphatic hydroxyl groups is 1. The van der Waals surface area contributed by atoms with Gasteiger partial charge in [0.1, 0.15) is 18.1 Å². The molecule has 0 aromatic heterocycles. The molecule has 0 aliphatic rings. The molecule has 30 heavy (non-hydrogen) atoms. The van der Waals surface area contributed by atoms with Gasteiger partial charge in [-0.3, -0.25) is 14.4 Å². The van der Waals surface area contributed by atoms with Crippen molar-refractivity contribution in [3.63, 3.8) is 0 Å². The van der Waals surface area contributed by atoms with Gasteiger partial charge >= 0.3 is 5.97 Å². The number of thiol groups is 1. The van der Waals surface area contributed by atoms with E-state index in [9.17, 15) is 19.2 Å². The minimum absolute atomic E-state index is 0.0589. The number of hydrogen-bond donors (Lipinski definition) is 8. The Bertz CT molecular complexity index is 577. The first kappa shape index (κ1) is 28.1. The molecule has 0 spiro atoms. The van der Waals surface area contributed by atoms with Crippen molar-refractivity contribution in [3.8, 4) is 0 Å². The van der Waals surface area contributed by atoms with E-state index in [-0.39, 0.29) is 18.1 Å². The van der Waals surface area contributed by atoms with Gasteiger partial charge in [-0.25, -0.2) is 4.79 Å². The minimum atomic E-state index is -1.49. The van der Waals surface area contributed by atoms with E-state index in [1.165, 1.54) is 0 Å². The van der Waals surface area contributed by atoms with Crippen LogP contribution in [0.1, 0.15) is 39.5 Å². The number of nitrogens with one attached hydrogen (secondary N) is 3. The number of carboxylic acids is 1. The number of carbonyl (C=O) groups excluding carboxylic acids is 3. The van der Waals surface area contributed by atoms with Crippen LogP contribution in [0.15, 0.2) is 0 Å². The Kier molecular flexibility index (Phi) is 14.0. The Morgan fingerprint density at radius 2 is 1.47 bits per heavy atom. The lowest BCUT2D eigenvalue weighted by Gasteiger charge is -2.25. The molecular weight excluding hydrogens is 414 g/mol. The monoisotopic (exact) mass is 449 g/mol. The van der Waals surface area contributed by atoms with Gasteiger partial charge in [-0.15, -0.1) is 0 Å². The molecule has 9 N–H and O–H groups in total. The number of nitrogens with two attached hydrogens (primary N) is 2. The van der Waals surface area contributed by atoms with Crippen LogP contribution in [0.2, 0.25) is 0 Å². The number of aliphatic carboxylic acids is 1. The Hall–Kier alpha value is -1.89. The molecular formula is C18H35N5O6S. The largest absolute Gasteiger partial charge is 0.480 e. The zero-order valence-corrected chi connectivity index (χ0v) is 18.4. The van der Waals surface area contributed by atoms with Crippen molar-refractivity contribution in [2.75, 3.05) is 18.9 Å². The van der Waals surface area contributed by atoms with Crippen LogP contribution in [0.4, 0.5) is 0 Å². The summed E-state index contributed by atoms with van der Waals surface area (Å²) in [6, 6.07) is -4.37. The van der Waals surface area contributed by atoms with Crippen LogP contribution >= 0.6 is 12.6 Å². The van der Waals surface area contributed by atoms with E-state index in [1.54, 1.807) is 0 Å². The molecule has 0 rings (SSSR count). The van der Waals surface area contributed by atoms with Crippen molar-refractivity contribution in [2.24, 2.45) is 17.4 Å². The first-order valence-electron chi connectivity index (χ1n) is 9.88. The van der Waals surface area contributed by atoms with Crippen molar-refractivity contribution in [2.45, 2.75) is 63.7 Å². The zero-order chi connectivity index (χ0) is 23.3. The van der Waals surface area contributed by atoms with Gasteiger partial charge in [0.05, 0.1) is 12.6 Å². The summed E-state index contributed by atoms with van der Waals surface area (Å²) in [4.78, 5) is 48.5. The smallest absolute Gasteiger partial charge is 0.328 e. The van der Waals surface area contributed by atoms with E-state index in [2.05, 4.69) is 28.6 Å². The number of carbonyl (C=O) groups is 4. The van der Waals surface area contributed by atoms with Crippen LogP contribution in [-0.2, 0) is 19.2 Å². The molecule has 174 valence electrons. The first-order chi connectivity index (χ1) is 14.1. The van der Waals surface area contributed by atoms with E-state index in [0.29, 0.717) is 25.8 Å². The fourth-order valence-electron chi connectivity index (χ4n) is 2.56. The minimum Gasteiger partial charge on any atom is -0.480 e. The predicted octanol–water partition coefficient (Wildman–Crippen LogP) is -2.05. The van der Waals surface area contributed by atoms with Gasteiger partial charge in [-0.2, -0.15) is 12.6 Å². The molecule has 0 aliphatic carbocycles. The summed E-state index contributed by atoms with van der Waals surface area (Å²) < 4.78 is 0. The molecule has 0 aliphatic heterocycles. The summed E-state index contributed by atoms with van der Waals surface area (Å²) in [6.07, 6.45) is 1.63. The quantitative estimate of drug-likeness (QED) is 0.103. The molecule has 0 unspecified atom stereocenters. The molecule has 4 atom stereocenters. The molecule has 0 aromatic rings. The highest BCUT2D eigenvalue weighted by molar-refractivity contribution is 7.80. The molecule has 3 amide bonds. The molecule has 0 aromatic carbocycles. The van der Waals surface area contributed by atoms with Crippen molar-refractivity contribution in [1.82, 2.24) is 16.0 Å². The molecule has 0 radical (unpaired) electrons. The van der Waals surface area contributed by atoms with Gasteiger partial charge < -0.3 is 37.6 Å². The van der Waals surface area contributed by atoms with E-state index in [0.717, 1.165) is 0 Å². The summed E-state index contributed by atoms with van der Waals surface area (Å²) in [5, 5.41) is 25.5. The van der Waals surface area contributed by atoms with Gasteiger partial charge in [0, 0.05) is 5.75 Å². The van der Waals surface area contributed by atoms with Crippen molar-refractivity contribution >= 4 is 36.3 Å². The van der Waals surface area contributed by atoms with E-state index >= 15 is 0 Å². The second kappa shape index (κ2) is 15.0. The number of amides is 3. The van der Waals surface area contributed by atoms with Gasteiger partial charge in [-0.05, 0) is 38.1 Å². The highest BCUT2D eigenvalue weighted by Gasteiger charge is 2.30. The Labute approximate surface area is 182 Å². The number of rotatable bonds is 15. The number of hydrogen-bond acceptors (Lipinski definition) is 8. The fourth-order valence-corrected chi connectivity index (χ4v) is 2.72. The third-order valence-electron chi connectivity index (χ3n) is 4.25. The lowest BCUT2D eigenvalue weighted by Crippen LogP contribution is -2.57. The Morgan fingerprint density at radius 1 is 0.933 bits per heavy atom. The predicted molar refractivity (Wildman–Crippen MR) is 115 cm³/mol. The van der Waals surface area contributed by atoms with Crippen LogP contribution in [0.3, 0.4) is 0 Å². The van der Waals surface area contributed by atoms with Crippen LogP contribution in [0.25, 0.3) is 0 Å². The topological polar surface area (TPSA) is 197 Å². The summed E-state index contributed by atoms with van der Waals surface area (Å²) >= 11 is 3.97. The molecule has 12 heteroatoms. The van der Waals surface area contributed by atoms with Crippen molar-refractivity contribution in [3.05, 3.63) is 0 Å². The molecule has 0 saturated heterocycles. The van der Waals surface area contributed by atoms with Gasteiger partial charge in [-0.1, -0.05) is 13.8 Å². The number of unbranched alkanes of at least 4 members (excludes halogenated alkanes) is 1. The standard InChI is InChI=1S/C18H35N5O6S/c1-10(2)7-13(22-15(25)11(20)9-30)17(27)21-12(5-3-4-6-19)16(26)23-14(8-24)18(28)29/h10-14,24,30H,3-9,19-20H2,1-2H3,(H,21,27)(H,22,25)(H,23,26)(H,28,29)/t11-,12-,13-,14-/m0/s1. The Morgan fingerprint density at radius 3 is 1.93 bits per heavy atom. The van der Waals surface area contributed by atoms with Gasteiger partial charge in [0.2, 0.25) is 17.7 Å². The maximum absolute atomic E-state index is 12.8. The van der Waals surface area contributed by atoms with E-state index in [4.69, 9.17) is 21.7 Å². The SMILES string of the molecule is CC(C)C[C@H](NC(=O)[C@@H](N)CS)C(=O)N[C@@H](CCCCN)C(=O)N[C@@H](CO)C(=O)O. The number of aliphatic hydroxyl groups excluding tert-OH is 1. The van der Waals surface area contributed by atoms with Crippen molar-refractivity contribution < 1.29 is 29.4 Å². The van der Waals surface area contributed by atoms with Crippen LogP contribution in [-0.4, -0.2) is 77.0 Å². The summed E-state index contributed by atoms with van der Waals surface area (Å²) in [5.41, 5.74) is 11.1. The third-order valence-corrected chi connectivity index (χ3v) is 4.64. The molecule has 0 saturated carbocycles. The lowest BCUT2D eigenvalue weighted by atomic mass is 10.0. The van der Waals surface area contributed by atoms with Gasteiger partial charge in [0.25, 0.3) is 0 Å². The van der Waals surface area contributed by atoms with E-state index < -0.39 is 54.5 Å². The third kappa shape index (κ3) is 10.8. The molecule has 11 nitrogen and oxygen atoms in total. The average Bonchev–Trinajstić information content (AvgIpc) is 2.69. The molecule has 0 bridgehead atoms. The fraction of sp³-hybridized carbons (Fsp3) is 0.778. The Balaban J connectivity index is 5.35. The molecule has 0 heterocycles.